The summed E-state index contributed by atoms with van der Waals surface area (Å²) in [5.74, 6) is 0. The summed E-state index contributed by atoms with van der Waals surface area (Å²) in [6, 6.07) is 9.69. The van der Waals surface area contributed by atoms with Gasteiger partial charge in [-0.1, -0.05) is 48.8 Å². The van der Waals surface area contributed by atoms with Crippen molar-refractivity contribution in [3.05, 3.63) is 34.3 Å². The Bertz CT molecular complexity index is 352. The molecular weight excluding hydrogens is 288 g/mol. The van der Waals surface area contributed by atoms with Crippen LogP contribution in [0, 0.1) is 0 Å². The van der Waals surface area contributed by atoms with Gasteiger partial charge < -0.3 is 5.32 Å². The highest BCUT2D eigenvalue weighted by atomic mass is 79.9. The Morgan fingerprint density at radius 1 is 1.33 bits per heavy atom. The molecule has 1 aromatic carbocycles. The smallest absolute Gasteiger partial charge is 0.0234 e. The molecule has 0 aliphatic heterocycles. The standard InChI is InChI=1S/C15H25BrN2/c1-5-15(10-17-12(2)3)18(4)11-13-7-6-8-14(16)9-13/h6-9,12,15,17H,5,10-11H2,1-4H3. The zero-order valence-electron chi connectivity index (χ0n) is 11.9. The topological polar surface area (TPSA) is 15.3 Å². The molecule has 0 spiro atoms. The fourth-order valence-corrected chi connectivity index (χ4v) is 2.48. The van der Waals surface area contributed by atoms with E-state index in [0.717, 1.165) is 17.6 Å². The van der Waals surface area contributed by atoms with Crippen LogP contribution in [-0.2, 0) is 6.54 Å². The summed E-state index contributed by atoms with van der Waals surface area (Å²) in [5.41, 5.74) is 1.36. The fourth-order valence-electron chi connectivity index (χ4n) is 2.04. The lowest BCUT2D eigenvalue weighted by Crippen LogP contribution is -2.41. The first-order valence-electron chi connectivity index (χ1n) is 6.71. The molecule has 0 saturated heterocycles. The second kappa shape index (κ2) is 7.93. The Labute approximate surface area is 120 Å². The molecule has 102 valence electrons. The van der Waals surface area contributed by atoms with E-state index >= 15 is 0 Å². The molecule has 3 heteroatoms. The molecular formula is C15H25BrN2. The lowest BCUT2D eigenvalue weighted by Gasteiger charge is -2.28. The zero-order valence-corrected chi connectivity index (χ0v) is 13.5. The lowest BCUT2D eigenvalue weighted by atomic mass is 10.1. The molecule has 0 heterocycles. The average molecular weight is 313 g/mol. The van der Waals surface area contributed by atoms with Crippen LogP contribution in [0.5, 0.6) is 0 Å². The van der Waals surface area contributed by atoms with Gasteiger partial charge in [0.15, 0.2) is 0 Å². The molecule has 0 aromatic heterocycles. The third-order valence-corrected chi connectivity index (χ3v) is 3.67. The SMILES string of the molecule is CCC(CNC(C)C)N(C)Cc1cccc(Br)c1. The fraction of sp³-hybridized carbons (Fsp3) is 0.600. The highest BCUT2D eigenvalue weighted by Crippen LogP contribution is 2.14. The van der Waals surface area contributed by atoms with Crippen molar-refractivity contribution in [3.63, 3.8) is 0 Å². The molecule has 1 atom stereocenters. The van der Waals surface area contributed by atoms with Crippen molar-refractivity contribution in [2.45, 2.75) is 45.8 Å². The molecule has 0 fully saturated rings. The summed E-state index contributed by atoms with van der Waals surface area (Å²) >= 11 is 3.53. The molecule has 0 amide bonds. The highest BCUT2D eigenvalue weighted by Gasteiger charge is 2.13. The van der Waals surface area contributed by atoms with Gasteiger partial charge in [0.05, 0.1) is 0 Å². The van der Waals surface area contributed by atoms with E-state index in [4.69, 9.17) is 0 Å². The molecule has 2 nitrogen and oxygen atoms in total. The number of nitrogens with one attached hydrogen (secondary N) is 1. The summed E-state index contributed by atoms with van der Waals surface area (Å²) in [7, 11) is 2.21. The maximum absolute atomic E-state index is 3.53. The Balaban J connectivity index is 2.53. The number of nitrogens with zero attached hydrogens (tertiary/aromatic N) is 1. The maximum Gasteiger partial charge on any atom is 0.0234 e. The van der Waals surface area contributed by atoms with Gasteiger partial charge in [-0.15, -0.1) is 0 Å². The van der Waals surface area contributed by atoms with E-state index in [2.05, 4.69) is 78.2 Å². The molecule has 1 unspecified atom stereocenters. The molecule has 0 aliphatic rings. The van der Waals surface area contributed by atoms with Crippen LogP contribution in [-0.4, -0.2) is 30.6 Å². The molecule has 0 bridgehead atoms. The summed E-state index contributed by atoms with van der Waals surface area (Å²) in [6.45, 7) is 8.70. The van der Waals surface area contributed by atoms with E-state index in [9.17, 15) is 0 Å². The van der Waals surface area contributed by atoms with Gasteiger partial charge in [0, 0.05) is 29.6 Å². The van der Waals surface area contributed by atoms with Crippen molar-refractivity contribution in [1.82, 2.24) is 10.2 Å². The highest BCUT2D eigenvalue weighted by molar-refractivity contribution is 9.10. The van der Waals surface area contributed by atoms with E-state index in [1.54, 1.807) is 0 Å². The molecule has 0 saturated carbocycles. The minimum Gasteiger partial charge on any atom is -0.313 e. The van der Waals surface area contributed by atoms with Crippen LogP contribution >= 0.6 is 15.9 Å². The van der Waals surface area contributed by atoms with Gasteiger partial charge in [-0.05, 0) is 31.2 Å². The van der Waals surface area contributed by atoms with E-state index in [-0.39, 0.29) is 0 Å². The van der Waals surface area contributed by atoms with Crippen LogP contribution in [0.4, 0.5) is 0 Å². The van der Waals surface area contributed by atoms with Crippen molar-refractivity contribution in [2.75, 3.05) is 13.6 Å². The van der Waals surface area contributed by atoms with Crippen LogP contribution in [0.3, 0.4) is 0 Å². The number of hydrogen-bond donors (Lipinski definition) is 1. The van der Waals surface area contributed by atoms with E-state index in [1.807, 2.05) is 0 Å². The molecule has 0 radical (unpaired) electrons. The first-order valence-corrected chi connectivity index (χ1v) is 7.50. The summed E-state index contributed by atoms with van der Waals surface area (Å²) in [6.07, 6.45) is 1.17. The Kier molecular flexibility index (Phi) is 6.90. The van der Waals surface area contributed by atoms with Gasteiger partial charge in [-0.25, -0.2) is 0 Å². The van der Waals surface area contributed by atoms with E-state index in [0.29, 0.717) is 12.1 Å². The third-order valence-electron chi connectivity index (χ3n) is 3.18. The monoisotopic (exact) mass is 312 g/mol. The first kappa shape index (κ1) is 15.7. The lowest BCUT2D eigenvalue weighted by molar-refractivity contribution is 0.218. The van der Waals surface area contributed by atoms with Gasteiger partial charge in [-0.3, -0.25) is 4.90 Å². The van der Waals surface area contributed by atoms with Crippen LogP contribution in [0.15, 0.2) is 28.7 Å². The number of likely N-dealkylation sites (N-methyl/N-ethyl adjacent to an activating group) is 1. The number of halogens is 1. The second-order valence-electron chi connectivity index (χ2n) is 5.17. The van der Waals surface area contributed by atoms with E-state index < -0.39 is 0 Å². The minimum absolute atomic E-state index is 0.554. The largest absolute Gasteiger partial charge is 0.313 e. The normalized spacial score (nSPS) is 13.3. The van der Waals surface area contributed by atoms with Gasteiger partial charge >= 0.3 is 0 Å². The molecule has 18 heavy (non-hydrogen) atoms. The van der Waals surface area contributed by atoms with Crippen molar-refractivity contribution in [1.29, 1.82) is 0 Å². The first-order chi connectivity index (χ1) is 8.52. The maximum atomic E-state index is 3.53. The predicted molar refractivity (Wildman–Crippen MR) is 82.8 cm³/mol. The Hall–Kier alpha value is -0.380. The van der Waals surface area contributed by atoms with Crippen molar-refractivity contribution < 1.29 is 0 Å². The van der Waals surface area contributed by atoms with Gasteiger partial charge in [0.1, 0.15) is 0 Å². The van der Waals surface area contributed by atoms with Gasteiger partial charge in [0.25, 0.3) is 0 Å². The quantitative estimate of drug-likeness (QED) is 0.826. The molecule has 1 N–H and O–H groups in total. The Morgan fingerprint density at radius 3 is 2.61 bits per heavy atom. The summed E-state index contributed by atoms with van der Waals surface area (Å²) in [5, 5.41) is 3.52. The van der Waals surface area contributed by atoms with Crippen molar-refractivity contribution >= 4 is 15.9 Å². The molecule has 1 aromatic rings. The summed E-state index contributed by atoms with van der Waals surface area (Å²) < 4.78 is 1.15. The predicted octanol–water partition coefficient (Wildman–Crippen LogP) is 3.66. The number of hydrogen-bond acceptors (Lipinski definition) is 2. The summed E-state index contributed by atoms with van der Waals surface area (Å²) in [4.78, 5) is 2.43. The minimum atomic E-state index is 0.554. The van der Waals surface area contributed by atoms with Gasteiger partial charge in [0.2, 0.25) is 0 Å². The number of benzene rings is 1. The molecule has 1 rings (SSSR count). The molecule has 0 aliphatic carbocycles. The average Bonchev–Trinajstić information content (AvgIpc) is 2.29. The Morgan fingerprint density at radius 2 is 2.06 bits per heavy atom. The number of rotatable bonds is 7. The third kappa shape index (κ3) is 5.51. The van der Waals surface area contributed by atoms with Crippen LogP contribution in [0.2, 0.25) is 0 Å². The zero-order chi connectivity index (χ0) is 13.5. The van der Waals surface area contributed by atoms with Gasteiger partial charge in [-0.2, -0.15) is 0 Å². The van der Waals surface area contributed by atoms with Crippen LogP contribution in [0.1, 0.15) is 32.8 Å². The van der Waals surface area contributed by atoms with Crippen LogP contribution < -0.4 is 5.32 Å². The van der Waals surface area contributed by atoms with Crippen molar-refractivity contribution in [3.8, 4) is 0 Å². The van der Waals surface area contributed by atoms with Crippen molar-refractivity contribution in [2.24, 2.45) is 0 Å². The van der Waals surface area contributed by atoms with E-state index in [1.165, 1.54) is 12.0 Å². The van der Waals surface area contributed by atoms with Crippen LogP contribution in [0.25, 0.3) is 0 Å². The second-order valence-corrected chi connectivity index (χ2v) is 6.09.